The minimum Gasteiger partial charge on any atom is -0.459 e. The van der Waals surface area contributed by atoms with E-state index in [2.05, 4.69) is 30.1 Å². The molecule has 47 heavy (non-hydrogen) atoms. The summed E-state index contributed by atoms with van der Waals surface area (Å²) in [6.45, 7) is 3.22. The number of carbonyl (C=O) groups excluding carboxylic acids is 2. The van der Waals surface area contributed by atoms with Gasteiger partial charge in [-0.1, -0.05) is 76.0 Å². The van der Waals surface area contributed by atoms with Crippen LogP contribution in [0, 0.1) is 0 Å². The van der Waals surface area contributed by atoms with Crippen molar-refractivity contribution in [3.05, 3.63) is 103 Å². The first kappa shape index (κ1) is 34.9. The van der Waals surface area contributed by atoms with Gasteiger partial charge >= 0.3 is 12.1 Å². The molecule has 0 spiro atoms. The summed E-state index contributed by atoms with van der Waals surface area (Å²) in [6, 6.07) is 15.1. The Morgan fingerprint density at radius 3 is 2.09 bits per heavy atom. The first-order chi connectivity index (χ1) is 22.7. The van der Waals surface area contributed by atoms with E-state index in [1.807, 2.05) is 67.6 Å². The lowest BCUT2D eigenvalue weighted by molar-refractivity contribution is -0.260. The van der Waals surface area contributed by atoms with E-state index in [9.17, 15) is 25.8 Å². The van der Waals surface area contributed by atoms with Crippen LogP contribution in [0.5, 0.6) is 0 Å². The van der Waals surface area contributed by atoms with Crippen LogP contribution in [0.4, 0.5) is 4.79 Å². The average molecular weight is 649 g/mol. The molecule has 0 bridgehead atoms. The SMILES string of the molecule is CC(=O)O[C@@H]1[C@@H](O)[C@H](O[C@H]2O[C@H]([C@H](C)N(Cc3ccccc3)C(=O)OCc3ccccc3)CCC2N=[N+]=[N-])[C@@H](N=[N+]=[N-])C[C@H]1N=[N+]=[N-]. The average Bonchev–Trinajstić information content (AvgIpc) is 3.07. The van der Waals surface area contributed by atoms with E-state index < -0.39 is 66.9 Å². The summed E-state index contributed by atoms with van der Waals surface area (Å²) in [7, 11) is 0. The number of esters is 1. The minimum atomic E-state index is -1.60. The molecule has 1 aliphatic carbocycles. The van der Waals surface area contributed by atoms with Crippen molar-refractivity contribution in [2.75, 3.05) is 0 Å². The molecule has 0 radical (unpaired) electrons. The molecule has 1 saturated carbocycles. The van der Waals surface area contributed by atoms with Crippen LogP contribution in [-0.4, -0.2) is 76.9 Å². The van der Waals surface area contributed by atoms with Crippen molar-refractivity contribution in [1.82, 2.24) is 4.90 Å². The van der Waals surface area contributed by atoms with Gasteiger partial charge < -0.3 is 24.1 Å². The summed E-state index contributed by atoms with van der Waals surface area (Å²) >= 11 is 0. The lowest BCUT2D eigenvalue weighted by Gasteiger charge is -2.45. The summed E-state index contributed by atoms with van der Waals surface area (Å²) < 4.78 is 23.5. The lowest BCUT2D eigenvalue weighted by atomic mass is 9.84. The Kier molecular flexibility index (Phi) is 12.7. The largest absolute Gasteiger partial charge is 0.459 e. The van der Waals surface area contributed by atoms with Crippen LogP contribution in [0.2, 0.25) is 0 Å². The zero-order chi connectivity index (χ0) is 33.8. The maximum atomic E-state index is 13.5. The predicted octanol–water partition coefficient (Wildman–Crippen LogP) is 5.84. The lowest BCUT2D eigenvalue weighted by Crippen LogP contribution is -2.59. The van der Waals surface area contributed by atoms with Crippen molar-refractivity contribution in [1.29, 1.82) is 0 Å². The number of benzene rings is 2. The van der Waals surface area contributed by atoms with E-state index in [1.54, 1.807) is 4.90 Å². The third-order valence-corrected chi connectivity index (χ3v) is 8.14. The molecule has 248 valence electrons. The van der Waals surface area contributed by atoms with Crippen LogP contribution in [-0.2, 0) is 36.9 Å². The number of aliphatic hydroxyl groups is 1. The van der Waals surface area contributed by atoms with Crippen LogP contribution in [0.3, 0.4) is 0 Å². The van der Waals surface area contributed by atoms with E-state index in [4.69, 9.17) is 24.5 Å². The summed E-state index contributed by atoms with van der Waals surface area (Å²) in [5, 5.41) is 22.5. The molecule has 17 heteroatoms. The standard InChI is InChI=1S/C30H36N10O7/c1-18(40(16-20-9-5-3-6-10-20)30(43)44-17-21-11-7-4-8-12-21)25-14-13-22(34-37-31)29(46-25)47-28-24(36-39-33)15-23(35-38-32)27(26(28)42)45-19(2)41/h3-12,18,22-29,42H,13-17H2,1-2H3/t18-,22?,23+,24-,25-,26+,27-,28+,29+/m0/s1. The number of hydrogen-bond donors (Lipinski definition) is 1. The third kappa shape index (κ3) is 9.27. The molecule has 2 aromatic rings. The zero-order valence-corrected chi connectivity index (χ0v) is 25.9. The minimum absolute atomic E-state index is 0.0641. The molecule has 4 rings (SSSR count). The normalized spacial score (nSPS) is 27.5. The van der Waals surface area contributed by atoms with E-state index in [1.165, 1.54) is 0 Å². The van der Waals surface area contributed by atoms with Crippen LogP contribution >= 0.6 is 0 Å². The van der Waals surface area contributed by atoms with Gasteiger partial charge in [0.15, 0.2) is 6.29 Å². The van der Waals surface area contributed by atoms with Crippen molar-refractivity contribution in [3.63, 3.8) is 0 Å². The molecule has 1 aliphatic heterocycles. The Bertz CT molecular complexity index is 1500. The monoisotopic (exact) mass is 648 g/mol. The molecule has 2 aliphatic rings. The van der Waals surface area contributed by atoms with Gasteiger partial charge in [0.25, 0.3) is 0 Å². The Labute approximate surface area is 270 Å². The fourth-order valence-electron chi connectivity index (χ4n) is 5.80. The molecule has 0 aromatic heterocycles. The van der Waals surface area contributed by atoms with Gasteiger partial charge in [-0.3, -0.25) is 9.69 Å². The van der Waals surface area contributed by atoms with Crippen LogP contribution in [0.1, 0.15) is 44.2 Å². The Hall–Kier alpha value is -5.01. The smallest absolute Gasteiger partial charge is 0.410 e. The number of azide groups is 3. The highest BCUT2D eigenvalue weighted by Gasteiger charge is 2.49. The van der Waals surface area contributed by atoms with Gasteiger partial charge in [-0.15, -0.1) is 0 Å². The van der Waals surface area contributed by atoms with Crippen LogP contribution in [0.25, 0.3) is 31.3 Å². The number of hydrogen-bond acceptors (Lipinski definition) is 10. The number of nitrogens with zero attached hydrogens (tertiary/aromatic N) is 10. The number of rotatable bonds is 12. The molecule has 1 saturated heterocycles. The van der Waals surface area contributed by atoms with Crippen molar-refractivity contribution < 1.29 is 33.6 Å². The fraction of sp³-hybridized carbons (Fsp3) is 0.533. The maximum absolute atomic E-state index is 13.5. The number of aliphatic hydroxyl groups excluding tert-OH is 1. The second-order valence-electron chi connectivity index (χ2n) is 11.2. The quantitative estimate of drug-likeness (QED) is 0.127. The molecule has 1 heterocycles. The van der Waals surface area contributed by atoms with Gasteiger partial charge in [0, 0.05) is 28.2 Å². The third-order valence-electron chi connectivity index (χ3n) is 8.14. The molecule has 1 unspecified atom stereocenters. The molecular formula is C30H36N10O7. The summed E-state index contributed by atoms with van der Waals surface area (Å²) in [6.07, 6.45) is -6.10. The van der Waals surface area contributed by atoms with Crippen LogP contribution in [0.15, 0.2) is 76.0 Å². The van der Waals surface area contributed by atoms with E-state index >= 15 is 0 Å². The number of carbonyl (C=O) groups is 2. The Morgan fingerprint density at radius 2 is 1.49 bits per heavy atom. The van der Waals surface area contributed by atoms with E-state index in [0.29, 0.717) is 12.8 Å². The van der Waals surface area contributed by atoms with Crippen molar-refractivity contribution in [2.24, 2.45) is 15.3 Å². The van der Waals surface area contributed by atoms with Crippen molar-refractivity contribution >= 4 is 12.1 Å². The topological polar surface area (TPSA) is 241 Å². The number of amides is 1. The maximum Gasteiger partial charge on any atom is 0.410 e. The van der Waals surface area contributed by atoms with Gasteiger partial charge in [0.1, 0.15) is 18.8 Å². The molecule has 1 amide bonds. The highest BCUT2D eigenvalue weighted by atomic mass is 16.7. The molecule has 1 N–H and O–H groups in total. The summed E-state index contributed by atoms with van der Waals surface area (Å²) in [5.74, 6) is -0.736. The van der Waals surface area contributed by atoms with Gasteiger partial charge in [-0.25, -0.2) is 4.79 Å². The van der Waals surface area contributed by atoms with Crippen molar-refractivity contribution in [2.45, 2.75) is 101 Å². The fourth-order valence-corrected chi connectivity index (χ4v) is 5.80. The molecule has 2 aromatic carbocycles. The molecular weight excluding hydrogens is 612 g/mol. The van der Waals surface area contributed by atoms with E-state index in [-0.39, 0.29) is 19.6 Å². The predicted molar refractivity (Wildman–Crippen MR) is 166 cm³/mol. The van der Waals surface area contributed by atoms with Crippen LogP contribution < -0.4 is 0 Å². The molecule has 17 nitrogen and oxygen atoms in total. The second kappa shape index (κ2) is 17.1. The van der Waals surface area contributed by atoms with Gasteiger partial charge in [0.05, 0.1) is 36.4 Å². The van der Waals surface area contributed by atoms with Gasteiger partial charge in [-0.05, 0) is 53.9 Å². The molecule has 2 fully saturated rings. The Balaban J connectivity index is 1.58. The van der Waals surface area contributed by atoms with Crippen molar-refractivity contribution in [3.8, 4) is 0 Å². The second-order valence-corrected chi connectivity index (χ2v) is 11.2. The Morgan fingerprint density at radius 1 is 0.915 bits per heavy atom. The van der Waals surface area contributed by atoms with E-state index in [0.717, 1.165) is 18.1 Å². The summed E-state index contributed by atoms with van der Waals surface area (Å²) in [4.78, 5) is 35.4. The first-order valence-corrected chi connectivity index (χ1v) is 15.1. The number of ether oxygens (including phenoxy) is 4. The molecule has 9 atom stereocenters. The first-order valence-electron chi connectivity index (χ1n) is 15.1. The van der Waals surface area contributed by atoms with Gasteiger partial charge in [-0.2, -0.15) is 0 Å². The highest BCUT2D eigenvalue weighted by Crippen LogP contribution is 2.35. The summed E-state index contributed by atoms with van der Waals surface area (Å²) in [5.41, 5.74) is 29.2. The zero-order valence-electron chi connectivity index (χ0n) is 25.9. The van der Waals surface area contributed by atoms with Gasteiger partial charge in [0.2, 0.25) is 0 Å². The highest BCUT2D eigenvalue weighted by molar-refractivity contribution is 5.68.